The first-order chi connectivity index (χ1) is 15.8. The second-order valence-corrected chi connectivity index (χ2v) is 9.58. The summed E-state index contributed by atoms with van der Waals surface area (Å²) < 4.78 is 1.16. The van der Waals surface area contributed by atoms with Crippen LogP contribution in [0.15, 0.2) is 109 Å². The molecule has 1 heteroatoms. The summed E-state index contributed by atoms with van der Waals surface area (Å²) in [6, 6.07) is 41.3. The maximum absolute atomic E-state index is 2.37. The molecule has 0 amide bonds. The van der Waals surface area contributed by atoms with Gasteiger partial charge in [0.25, 0.3) is 0 Å². The maximum Gasteiger partial charge on any atom is 0.105 e. The van der Waals surface area contributed by atoms with Gasteiger partial charge in [0, 0.05) is 24.0 Å². The third kappa shape index (κ3) is 3.29. The Hall–Kier alpha value is -3.16. The monoisotopic (exact) mass is 416 g/mol. The first-order valence-corrected chi connectivity index (χ1v) is 12.0. The molecule has 158 valence electrons. The molecule has 6 rings (SSSR count). The summed E-state index contributed by atoms with van der Waals surface area (Å²) in [5, 5.41) is 0. The predicted octanol–water partition coefficient (Wildman–Crippen LogP) is 7.18. The minimum absolute atomic E-state index is 0.414. The normalized spacial score (nSPS) is 18.8. The minimum Gasteiger partial charge on any atom is -0.313 e. The first kappa shape index (κ1) is 19.5. The quantitative estimate of drug-likeness (QED) is 0.310. The summed E-state index contributed by atoms with van der Waals surface area (Å²) in [5.74, 6) is 0.414. The second kappa shape index (κ2) is 8.07. The molecular weight excluding hydrogens is 386 g/mol. The van der Waals surface area contributed by atoms with E-state index in [9.17, 15) is 0 Å². The van der Waals surface area contributed by atoms with Crippen LogP contribution in [0.4, 0.5) is 0 Å². The van der Waals surface area contributed by atoms with Crippen LogP contribution in [0.1, 0.15) is 41.0 Å². The van der Waals surface area contributed by atoms with Crippen LogP contribution in [-0.2, 0) is 13.1 Å². The highest BCUT2D eigenvalue weighted by atomic mass is 15.4. The minimum atomic E-state index is 0.414. The Morgan fingerprint density at radius 1 is 0.562 bits per heavy atom. The molecule has 0 N–H and O–H groups in total. The number of benzene rings is 4. The largest absolute Gasteiger partial charge is 0.313 e. The second-order valence-electron chi connectivity index (χ2n) is 9.58. The van der Waals surface area contributed by atoms with Crippen molar-refractivity contribution in [2.75, 3.05) is 6.54 Å². The highest BCUT2D eigenvalue weighted by molar-refractivity contribution is 5.71. The number of nitrogens with zero attached hydrogens (tertiary/aromatic N) is 1. The zero-order chi connectivity index (χ0) is 21.4. The number of hydrogen-bond acceptors (Lipinski definition) is 0. The van der Waals surface area contributed by atoms with Gasteiger partial charge in [-0.05, 0) is 22.3 Å². The SMILES string of the molecule is c1ccc(C(c2ccccc2)[C@@H]2CCC[N+]23Cc2ccccc2-c2ccccc2C3)cc1. The van der Waals surface area contributed by atoms with E-state index in [2.05, 4.69) is 109 Å². The van der Waals surface area contributed by atoms with E-state index in [1.807, 2.05) is 0 Å². The Labute approximate surface area is 191 Å². The molecule has 0 unspecified atom stereocenters. The van der Waals surface area contributed by atoms with Gasteiger partial charge in [-0.25, -0.2) is 0 Å². The standard InChI is InChI=1S/C31H30N/c1-3-12-24(13-4-1)31(25-14-5-2-6-15-25)30-20-11-21-32(30)22-26-16-7-9-18-28(26)29-19-10-8-17-27(29)23-32/h1-10,12-19,30-31H,11,20-23H2/q+1/t30-/m0/s1. The van der Waals surface area contributed by atoms with E-state index in [0.717, 1.165) is 17.6 Å². The summed E-state index contributed by atoms with van der Waals surface area (Å²) in [6.07, 6.45) is 2.57. The fraction of sp³-hybridized carbons (Fsp3) is 0.226. The van der Waals surface area contributed by atoms with Crippen LogP contribution in [0.5, 0.6) is 0 Å². The molecule has 2 aliphatic heterocycles. The van der Waals surface area contributed by atoms with Crippen LogP contribution in [-0.4, -0.2) is 17.1 Å². The summed E-state index contributed by atoms with van der Waals surface area (Å²) in [6.45, 7) is 3.49. The molecule has 32 heavy (non-hydrogen) atoms. The first-order valence-electron chi connectivity index (χ1n) is 12.0. The van der Waals surface area contributed by atoms with Crippen molar-refractivity contribution < 1.29 is 4.48 Å². The molecule has 0 aliphatic carbocycles. The van der Waals surface area contributed by atoms with E-state index in [1.54, 1.807) is 0 Å². The average molecular weight is 417 g/mol. The molecule has 2 heterocycles. The van der Waals surface area contributed by atoms with Crippen molar-refractivity contribution in [3.63, 3.8) is 0 Å². The van der Waals surface area contributed by atoms with Crippen molar-refractivity contribution in [3.8, 4) is 11.1 Å². The van der Waals surface area contributed by atoms with Crippen LogP contribution in [0.25, 0.3) is 11.1 Å². The van der Waals surface area contributed by atoms with Crippen molar-refractivity contribution in [2.45, 2.75) is 37.9 Å². The van der Waals surface area contributed by atoms with Gasteiger partial charge in [-0.2, -0.15) is 0 Å². The van der Waals surface area contributed by atoms with Gasteiger partial charge < -0.3 is 4.48 Å². The molecule has 0 radical (unpaired) electrons. The molecule has 0 saturated carbocycles. The zero-order valence-corrected chi connectivity index (χ0v) is 18.5. The summed E-state index contributed by atoms with van der Waals surface area (Å²) in [7, 11) is 0. The van der Waals surface area contributed by atoms with E-state index in [1.165, 1.54) is 52.8 Å². The smallest absolute Gasteiger partial charge is 0.105 e. The molecule has 1 spiro atoms. The molecule has 2 aliphatic rings. The fourth-order valence-electron chi connectivity index (χ4n) is 6.46. The average Bonchev–Trinajstić information content (AvgIpc) is 3.16. The number of rotatable bonds is 3. The lowest BCUT2D eigenvalue weighted by molar-refractivity contribution is -0.965. The summed E-state index contributed by atoms with van der Waals surface area (Å²) in [4.78, 5) is 0. The van der Waals surface area contributed by atoms with E-state index in [-0.39, 0.29) is 0 Å². The van der Waals surface area contributed by atoms with Gasteiger partial charge in [0.1, 0.15) is 19.1 Å². The van der Waals surface area contributed by atoms with Gasteiger partial charge >= 0.3 is 0 Å². The van der Waals surface area contributed by atoms with Gasteiger partial charge in [-0.1, -0.05) is 109 Å². The molecular formula is C31H30N+. The lowest BCUT2D eigenvalue weighted by Crippen LogP contribution is -2.52. The van der Waals surface area contributed by atoms with Gasteiger partial charge in [0.05, 0.1) is 12.5 Å². The van der Waals surface area contributed by atoms with Crippen LogP contribution in [0.3, 0.4) is 0 Å². The third-order valence-corrected chi connectivity index (χ3v) is 7.80. The van der Waals surface area contributed by atoms with Crippen molar-refractivity contribution in [3.05, 3.63) is 131 Å². The Balaban J connectivity index is 1.52. The molecule has 1 atom stereocenters. The fourth-order valence-corrected chi connectivity index (χ4v) is 6.46. The Morgan fingerprint density at radius 3 is 1.56 bits per heavy atom. The van der Waals surface area contributed by atoms with E-state index < -0.39 is 0 Å². The van der Waals surface area contributed by atoms with Crippen molar-refractivity contribution in [1.82, 2.24) is 0 Å². The molecule has 1 nitrogen and oxygen atoms in total. The Morgan fingerprint density at radius 2 is 1.03 bits per heavy atom. The molecule has 0 bridgehead atoms. The highest BCUT2D eigenvalue weighted by Gasteiger charge is 2.48. The number of fused-ring (bicyclic) bond motifs is 3. The van der Waals surface area contributed by atoms with Gasteiger partial charge in [-0.3, -0.25) is 0 Å². The molecule has 4 aromatic rings. The van der Waals surface area contributed by atoms with E-state index >= 15 is 0 Å². The molecule has 1 fully saturated rings. The van der Waals surface area contributed by atoms with Gasteiger partial charge in [0.15, 0.2) is 0 Å². The predicted molar refractivity (Wildman–Crippen MR) is 132 cm³/mol. The summed E-state index contributed by atoms with van der Waals surface area (Å²) >= 11 is 0. The van der Waals surface area contributed by atoms with Gasteiger partial charge in [-0.15, -0.1) is 0 Å². The van der Waals surface area contributed by atoms with Crippen LogP contribution < -0.4 is 0 Å². The maximum atomic E-state index is 2.37. The van der Waals surface area contributed by atoms with Crippen molar-refractivity contribution in [1.29, 1.82) is 0 Å². The van der Waals surface area contributed by atoms with E-state index in [0.29, 0.717) is 12.0 Å². The van der Waals surface area contributed by atoms with Crippen molar-refractivity contribution >= 4 is 0 Å². The summed E-state index contributed by atoms with van der Waals surface area (Å²) in [5.41, 5.74) is 8.77. The van der Waals surface area contributed by atoms with E-state index in [4.69, 9.17) is 0 Å². The Bertz CT molecular complexity index is 1120. The lowest BCUT2D eigenvalue weighted by atomic mass is 9.82. The van der Waals surface area contributed by atoms with Crippen LogP contribution >= 0.6 is 0 Å². The molecule has 0 aromatic heterocycles. The number of quaternary nitrogens is 1. The topological polar surface area (TPSA) is 0 Å². The van der Waals surface area contributed by atoms with Crippen molar-refractivity contribution in [2.24, 2.45) is 0 Å². The third-order valence-electron chi connectivity index (χ3n) is 7.80. The van der Waals surface area contributed by atoms with Crippen LogP contribution in [0, 0.1) is 0 Å². The number of hydrogen-bond donors (Lipinski definition) is 0. The van der Waals surface area contributed by atoms with Gasteiger partial charge in [0.2, 0.25) is 0 Å². The molecule has 1 saturated heterocycles. The molecule has 4 aromatic carbocycles. The zero-order valence-electron chi connectivity index (χ0n) is 18.5. The Kier molecular flexibility index (Phi) is 4.92. The lowest BCUT2D eigenvalue weighted by Gasteiger charge is -2.43. The highest BCUT2D eigenvalue weighted by Crippen LogP contribution is 2.46. The van der Waals surface area contributed by atoms with Crippen LogP contribution in [0.2, 0.25) is 0 Å².